The highest BCUT2D eigenvalue weighted by Gasteiger charge is 2.20. The highest BCUT2D eigenvalue weighted by Crippen LogP contribution is 2.17. The zero-order valence-corrected chi connectivity index (χ0v) is 15.3. The molecule has 1 N–H and O–H groups in total. The molecular formula is C21H24N4O. The van der Waals surface area contributed by atoms with E-state index in [0.29, 0.717) is 18.7 Å². The van der Waals surface area contributed by atoms with Crippen molar-refractivity contribution in [2.24, 2.45) is 0 Å². The normalized spacial score (nSPS) is 10.7. The summed E-state index contributed by atoms with van der Waals surface area (Å²) in [5, 5.41) is 7.71. The second-order valence-electron chi connectivity index (χ2n) is 6.34. The van der Waals surface area contributed by atoms with Gasteiger partial charge < -0.3 is 5.32 Å². The van der Waals surface area contributed by atoms with Crippen LogP contribution in [0.5, 0.6) is 0 Å². The molecule has 0 spiro atoms. The van der Waals surface area contributed by atoms with Crippen LogP contribution in [0.15, 0.2) is 54.9 Å². The Balaban J connectivity index is 1.81. The lowest BCUT2D eigenvalue weighted by atomic mass is 10.1. The van der Waals surface area contributed by atoms with E-state index in [-0.39, 0.29) is 5.91 Å². The molecule has 3 rings (SSSR count). The highest BCUT2D eigenvalue weighted by molar-refractivity contribution is 5.96. The third-order valence-corrected chi connectivity index (χ3v) is 4.34. The van der Waals surface area contributed by atoms with Gasteiger partial charge in [-0.3, -0.25) is 14.5 Å². The molecule has 134 valence electrons. The van der Waals surface area contributed by atoms with Gasteiger partial charge in [0.05, 0.1) is 17.8 Å². The van der Waals surface area contributed by atoms with Crippen LogP contribution < -0.4 is 5.32 Å². The molecule has 0 fully saturated rings. The molecule has 5 nitrogen and oxygen atoms in total. The van der Waals surface area contributed by atoms with E-state index in [1.165, 1.54) is 5.56 Å². The lowest BCUT2D eigenvalue weighted by molar-refractivity contribution is 0.0949. The minimum absolute atomic E-state index is 0.0749. The van der Waals surface area contributed by atoms with Gasteiger partial charge >= 0.3 is 0 Å². The smallest absolute Gasteiger partial charge is 0.255 e. The quantitative estimate of drug-likeness (QED) is 0.711. The molecule has 0 saturated carbocycles. The van der Waals surface area contributed by atoms with Crippen molar-refractivity contribution in [3.05, 3.63) is 82.9 Å². The number of benzene rings is 1. The van der Waals surface area contributed by atoms with Gasteiger partial charge in [0.2, 0.25) is 0 Å². The van der Waals surface area contributed by atoms with E-state index in [1.807, 2.05) is 41.9 Å². The first kappa shape index (κ1) is 17.9. The Bertz CT molecular complexity index is 856. The van der Waals surface area contributed by atoms with Gasteiger partial charge in [-0.05, 0) is 30.5 Å². The molecule has 0 saturated heterocycles. The van der Waals surface area contributed by atoms with Gasteiger partial charge in [0, 0.05) is 24.6 Å². The number of carbonyl (C=O) groups excluding carboxylic acids is 1. The SMILES string of the molecule is CCCc1nn(Cc2ccccc2)c(C)c1C(=O)NCc1cccnc1. The van der Waals surface area contributed by atoms with Crippen LogP contribution in [0.25, 0.3) is 0 Å². The maximum atomic E-state index is 12.8. The van der Waals surface area contributed by atoms with Gasteiger partial charge in [0.15, 0.2) is 0 Å². The minimum Gasteiger partial charge on any atom is -0.348 e. The van der Waals surface area contributed by atoms with E-state index in [1.54, 1.807) is 12.4 Å². The van der Waals surface area contributed by atoms with Crippen LogP contribution in [0, 0.1) is 6.92 Å². The Kier molecular flexibility index (Phi) is 5.79. The van der Waals surface area contributed by atoms with Gasteiger partial charge in [-0.15, -0.1) is 0 Å². The molecule has 0 radical (unpaired) electrons. The first-order chi connectivity index (χ1) is 12.7. The van der Waals surface area contributed by atoms with Crippen molar-refractivity contribution in [1.29, 1.82) is 0 Å². The number of pyridine rings is 1. The van der Waals surface area contributed by atoms with Crippen molar-refractivity contribution in [3.8, 4) is 0 Å². The summed E-state index contributed by atoms with van der Waals surface area (Å²) in [4.78, 5) is 16.9. The monoisotopic (exact) mass is 348 g/mol. The summed E-state index contributed by atoms with van der Waals surface area (Å²) in [6.07, 6.45) is 5.23. The van der Waals surface area contributed by atoms with E-state index in [4.69, 9.17) is 5.10 Å². The third kappa shape index (κ3) is 4.17. The first-order valence-corrected chi connectivity index (χ1v) is 8.96. The molecule has 1 amide bonds. The van der Waals surface area contributed by atoms with E-state index in [2.05, 4.69) is 29.4 Å². The fraction of sp³-hybridized carbons (Fsp3) is 0.286. The zero-order valence-electron chi connectivity index (χ0n) is 15.3. The van der Waals surface area contributed by atoms with E-state index < -0.39 is 0 Å². The molecule has 0 aliphatic heterocycles. The van der Waals surface area contributed by atoms with Crippen LogP contribution in [-0.4, -0.2) is 20.7 Å². The lowest BCUT2D eigenvalue weighted by Crippen LogP contribution is -2.24. The molecule has 3 aromatic rings. The predicted molar refractivity (Wildman–Crippen MR) is 102 cm³/mol. The van der Waals surface area contributed by atoms with Gasteiger partial charge in [-0.25, -0.2) is 0 Å². The number of hydrogen-bond acceptors (Lipinski definition) is 3. The molecule has 0 bridgehead atoms. The Morgan fingerprint density at radius 1 is 1.12 bits per heavy atom. The fourth-order valence-electron chi connectivity index (χ4n) is 3.00. The molecule has 0 atom stereocenters. The average molecular weight is 348 g/mol. The van der Waals surface area contributed by atoms with Crippen molar-refractivity contribution in [2.75, 3.05) is 0 Å². The number of amides is 1. The average Bonchev–Trinajstić information content (AvgIpc) is 2.97. The number of aryl methyl sites for hydroxylation is 1. The second-order valence-corrected chi connectivity index (χ2v) is 6.34. The van der Waals surface area contributed by atoms with E-state index in [0.717, 1.165) is 29.8 Å². The molecule has 0 aliphatic carbocycles. The summed E-state index contributed by atoms with van der Waals surface area (Å²) < 4.78 is 1.93. The molecule has 2 heterocycles. The van der Waals surface area contributed by atoms with Gasteiger partial charge in [-0.1, -0.05) is 49.7 Å². The van der Waals surface area contributed by atoms with Crippen LogP contribution in [-0.2, 0) is 19.5 Å². The number of hydrogen-bond donors (Lipinski definition) is 1. The third-order valence-electron chi connectivity index (χ3n) is 4.34. The van der Waals surface area contributed by atoms with Crippen LogP contribution in [0.3, 0.4) is 0 Å². The fourth-order valence-corrected chi connectivity index (χ4v) is 3.00. The summed E-state index contributed by atoms with van der Waals surface area (Å²) in [5.74, 6) is -0.0749. The van der Waals surface area contributed by atoms with Gasteiger partial charge in [0.1, 0.15) is 0 Å². The Morgan fingerprint density at radius 2 is 1.88 bits per heavy atom. The molecule has 2 aromatic heterocycles. The number of aromatic nitrogens is 3. The standard InChI is InChI=1S/C21H24N4O/c1-3-8-19-20(21(26)23-14-18-11-7-12-22-13-18)16(2)25(24-19)15-17-9-5-4-6-10-17/h4-7,9-13H,3,8,14-15H2,1-2H3,(H,23,26). The Hall–Kier alpha value is -2.95. The highest BCUT2D eigenvalue weighted by atomic mass is 16.1. The van der Waals surface area contributed by atoms with Gasteiger partial charge in [0.25, 0.3) is 5.91 Å². The van der Waals surface area contributed by atoms with Crippen LogP contribution in [0.2, 0.25) is 0 Å². The minimum atomic E-state index is -0.0749. The Labute approximate surface area is 154 Å². The summed E-state index contributed by atoms with van der Waals surface area (Å²) in [5.41, 5.74) is 4.62. The molecule has 26 heavy (non-hydrogen) atoms. The number of carbonyl (C=O) groups is 1. The lowest BCUT2D eigenvalue weighted by Gasteiger charge is -2.07. The summed E-state index contributed by atoms with van der Waals surface area (Å²) >= 11 is 0. The number of nitrogens with one attached hydrogen (secondary N) is 1. The van der Waals surface area contributed by atoms with Crippen molar-refractivity contribution < 1.29 is 4.79 Å². The molecule has 5 heteroatoms. The maximum Gasteiger partial charge on any atom is 0.255 e. The predicted octanol–water partition coefficient (Wildman–Crippen LogP) is 3.52. The second kappa shape index (κ2) is 8.43. The number of nitrogens with zero attached hydrogens (tertiary/aromatic N) is 3. The van der Waals surface area contributed by atoms with Crippen molar-refractivity contribution in [3.63, 3.8) is 0 Å². The molecule has 1 aromatic carbocycles. The molecule has 0 aliphatic rings. The summed E-state index contributed by atoms with van der Waals surface area (Å²) in [7, 11) is 0. The topological polar surface area (TPSA) is 59.8 Å². The summed E-state index contributed by atoms with van der Waals surface area (Å²) in [6.45, 7) is 5.19. The molecule has 0 unspecified atom stereocenters. The number of rotatable bonds is 7. The molecular weight excluding hydrogens is 324 g/mol. The maximum absolute atomic E-state index is 12.8. The van der Waals surface area contributed by atoms with Crippen molar-refractivity contribution in [1.82, 2.24) is 20.1 Å². The van der Waals surface area contributed by atoms with Crippen LogP contribution >= 0.6 is 0 Å². The van der Waals surface area contributed by atoms with Crippen LogP contribution in [0.4, 0.5) is 0 Å². The van der Waals surface area contributed by atoms with Crippen molar-refractivity contribution in [2.45, 2.75) is 39.8 Å². The zero-order chi connectivity index (χ0) is 18.4. The van der Waals surface area contributed by atoms with Crippen molar-refractivity contribution >= 4 is 5.91 Å². The summed E-state index contributed by atoms with van der Waals surface area (Å²) in [6, 6.07) is 14.0. The van der Waals surface area contributed by atoms with E-state index in [9.17, 15) is 4.79 Å². The Morgan fingerprint density at radius 3 is 2.58 bits per heavy atom. The van der Waals surface area contributed by atoms with Gasteiger partial charge in [-0.2, -0.15) is 5.10 Å². The largest absolute Gasteiger partial charge is 0.348 e. The first-order valence-electron chi connectivity index (χ1n) is 8.96. The van der Waals surface area contributed by atoms with E-state index >= 15 is 0 Å². The van der Waals surface area contributed by atoms with Crippen LogP contribution in [0.1, 0.15) is 46.2 Å².